The molecule has 0 bridgehead atoms. The van der Waals surface area contributed by atoms with Crippen LogP contribution in [-0.4, -0.2) is 59.6 Å². The lowest BCUT2D eigenvalue weighted by atomic mass is 9.80. The van der Waals surface area contributed by atoms with E-state index in [1.165, 1.54) is 0 Å². The largest absolute Gasteiger partial charge is 0.341 e. The number of nitrogens with one attached hydrogen (secondary N) is 1. The van der Waals surface area contributed by atoms with Gasteiger partial charge >= 0.3 is 0 Å². The molecule has 3 rings (SSSR count). The third kappa shape index (κ3) is 5.26. The number of rotatable bonds is 8. The van der Waals surface area contributed by atoms with E-state index in [1.54, 1.807) is 15.5 Å². The van der Waals surface area contributed by atoms with Gasteiger partial charge in [0.15, 0.2) is 9.84 Å². The topological polar surface area (TPSA) is 101 Å². The number of nitrogens with zero attached hydrogens (tertiary/aromatic N) is 3. The van der Waals surface area contributed by atoms with Gasteiger partial charge in [-0.15, -0.1) is 0 Å². The van der Waals surface area contributed by atoms with Crippen molar-refractivity contribution in [3.63, 3.8) is 0 Å². The fourth-order valence-electron chi connectivity index (χ4n) is 4.46. The molecule has 8 nitrogen and oxygen atoms in total. The average molecular weight is 449 g/mol. The van der Waals surface area contributed by atoms with E-state index in [1.807, 2.05) is 32.0 Å². The van der Waals surface area contributed by atoms with Crippen molar-refractivity contribution < 1.29 is 18.0 Å². The highest BCUT2D eigenvalue weighted by molar-refractivity contribution is 7.89. The highest BCUT2D eigenvalue weighted by Crippen LogP contribution is 2.30. The number of aromatic nitrogens is 2. The number of amides is 2. The Balaban J connectivity index is 1.90. The number of para-hydroxylation sites is 2. The van der Waals surface area contributed by atoms with Crippen molar-refractivity contribution in [2.75, 3.05) is 19.3 Å². The molecule has 1 N–H and O–H groups in total. The van der Waals surface area contributed by atoms with Gasteiger partial charge < -0.3 is 14.8 Å². The van der Waals surface area contributed by atoms with Gasteiger partial charge in [-0.3, -0.25) is 9.59 Å². The van der Waals surface area contributed by atoms with Crippen LogP contribution in [0.3, 0.4) is 0 Å². The first kappa shape index (κ1) is 23.2. The van der Waals surface area contributed by atoms with Crippen molar-refractivity contribution in [3.05, 3.63) is 30.1 Å². The summed E-state index contributed by atoms with van der Waals surface area (Å²) in [5, 5.41) is 3.05. The molecule has 1 aromatic carbocycles. The van der Waals surface area contributed by atoms with Crippen LogP contribution in [0.1, 0.15) is 51.8 Å². The first-order chi connectivity index (χ1) is 14.7. The minimum Gasteiger partial charge on any atom is -0.341 e. The maximum atomic E-state index is 13.3. The molecule has 1 aliphatic carbocycles. The number of carbonyl (C=O) groups is 2. The summed E-state index contributed by atoms with van der Waals surface area (Å²) in [6.07, 6.45) is 5.22. The lowest BCUT2D eigenvalue weighted by Crippen LogP contribution is -2.61. The standard InChI is InChI=1S/C22H32N4O4S/c1-4-25(5-2)21(28)22(13-9-6-10-14-22)24-20(27)15-26-18-12-8-7-11-17(18)23-19(26)16-31(3,29)30/h7-8,11-12H,4-6,9-10,13-16H2,1-3H3,(H,24,27). The summed E-state index contributed by atoms with van der Waals surface area (Å²) < 4.78 is 25.5. The van der Waals surface area contributed by atoms with Crippen molar-refractivity contribution >= 4 is 32.7 Å². The van der Waals surface area contributed by atoms with Gasteiger partial charge in [0.2, 0.25) is 11.8 Å². The molecule has 31 heavy (non-hydrogen) atoms. The molecule has 1 aromatic heterocycles. The average Bonchev–Trinajstić information content (AvgIpc) is 3.04. The second-order valence-corrected chi connectivity index (χ2v) is 10.5. The highest BCUT2D eigenvalue weighted by atomic mass is 32.2. The number of sulfone groups is 1. The summed E-state index contributed by atoms with van der Waals surface area (Å²) in [5.41, 5.74) is 0.443. The molecule has 0 spiro atoms. The van der Waals surface area contributed by atoms with Crippen LogP contribution in [0.2, 0.25) is 0 Å². The number of carbonyl (C=O) groups excluding carboxylic acids is 2. The van der Waals surface area contributed by atoms with E-state index >= 15 is 0 Å². The van der Waals surface area contributed by atoms with Gasteiger partial charge in [-0.1, -0.05) is 31.4 Å². The zero-order valence-corrected chi connectivity index (χ0v) is 19.4. The molecule has 0 atom stereocenters. The molecule has 0 unspecified atom stereocenters. The molecular weight excluding hydrogens is 416 g/mol. The van der Waals surface area contributed by atoms with Crippen molar-refractivity contribution in [1.82, 2.24) is 19.8 Å². The fourth-order valence-corrected chi connectivity index (χ4v) is 5.15. The summed E-state index contributed by atoms with van der Waals surface area (Å²) in [5.74, 6) is -0.261. The molecule has 2 amide bonds. The number of imidazole rings is 1. The summed E-state index contributed by atoms with van der Waals surface area (Å²) >= 11 is 0. The lowest BCUT2D eigenvalue weighted by molar-refractivity contribution is -0.143. The summed E-state index contributed by atoms with van der Waals surface area (Å²) in [6, 6.07) is 7.26. The van der Waals surface area contributed by atoms with E-state index in [9.17, 15) is 18.0 Å². The maximum Gasteiger partial charge on any atom is 0.248 e. The van der Waals surface area contributed by atoms with Crippen LogP contribution < -0.4 is 5.32 Å². The summed E-state index contributed by atoms with van der Waals surface area (Å²) in [6.45, 7) is 4.98. The zero-order chi connectivity index (χ0) is 22.6. The Morgan fingerprint density at radius 3 is 2.39 bits per heavy atom. The van der Waals surface area contributed by atoms with E-state index < -0.39 is 15.4 Å². The quantitative estimate of drug-likeness (QED) is 0.668. The summed E-state index contributed by atoms with van der Waals surface area (Å²) in [7, 11) is -3.33. The second kappa shape index (κ2) is 9.38. The van der Waals surface area contributed by atoms with Crippen molar-refractivity contribution in [2.24, 2.45) is 0 Å². The molecule has 9 heteroatoms. The molecule has 1 saturated carbocycles. The number of hydrogen-bond donors (Lipinski definition) is 1. The number of likely N-dealkylation sites (N-methyl/N-ethyl adjacent to an activating group) is 1. The van der Waals surface area contributed by atoms with E-state index in [0.717, 1.165) is 25.5 Å². The third-order valence-electron chi connectivity index (χ3n) is 5.97. The molecule has 0 saturated heterocycles. The summed E-state index contributed by atoms with van der Waals surface area (Å²) in [4.78, 5) is 32.7. The molecule has 1 fully saturated rings. The zero-order valence-electron chi connectivity index (χ0n) is 18.6. The van der Waals surface area contributed by atoms with Gasteiger partial charge in [-0.2, -0.15) is 0 Å². The lowest BCUT2D eigenvalue weighted by Gasteiger charge is -2.40. The van der Waals surface area contributed by atoms with Crippen LogP contribution in [-0.2, 0) is 31.7 Å². The van der Waals surface area contributed by atoms with Gasteiger partial charge in [0.25, 0.3) is 0 Å². The number of benzene rings is 1. The first-order valence-electron chi connectivity index (χ1n) is 10.9. The number of fused-ring (bicyclic) bond motifs is 1. The Hall–Kier alpha value is -2.42. The van der Waals surface area contributed by atoms with Crippen LogP contribution in [0.15, 0.2) is 24.3 Å². The third-order valence-corrected chi connectivity index (χ3v) is 6.76. The Labute approximate surface area is 183 Å². The molecule has 170 valence electrons. The van der Waals surface area contributed by atoms with E-state index in [2.05, 4.69) is 10.3 Å². The monoisotopic (exact) mass is 448 g/mol. The normalized spacial score (nSPS) is 16.2. The predicted molar refractivity (Wildman–Crippen MR) is 120 cm³/mol. The number of hydrogen-bond acceptors (Lipinski definition) is 5. The van der Waals surface area contributed by atoms with E-state index in [-0.39, 0.29) is 24.1 Å². The van der Waals surface area contributed by atoms with Crippen LogP contribution >= 0.6 is 0 Å². The van der Waals surface area contributed by atoms with Gasteiger partial charge in [0, 0.05) is 19.3 Å². The highest BCUT2D eigenvalue weighted by Gasteiger charge is 2.42. The molecule has 2 aromatic rings. The van der Waals surface area contributed by atoms with Gasteiger partial charge in [-0.25, -0.2) is 13.4 Å². The van der Waals surface area contributed by atoms with Crippen molar-refractivity contribution in [2.45, 2.75) is 63.8 Å². The fraction of sp³-hybridized carbons (Fsp3) is 0.591. The first-order valence-corrected chi connectivity index (χ1v) is 13.0. The van der Waals surface area contributed by atoms with Crippen LogP contribution in [0, 0.1) is 0 Å². The smallest absolute Gasteiger partial charge is 0.248 e. The molecule has 1 heterocycles. The van der Waals surface area contributed by atoms with E-state index in [0.29, 0.717) is 42.8 Å². The van der Waals surface area contributed by atoms with E-state index in [4.69, 9.17) is 0 Å². The molecule has 0 aliphatic heterocycles. The SMILES string of the molecule is CCN(CC)C(=O)C1(NC(=O)Cn2c(CS(C)(=O)=O)nc3ccccc32)CCCCC1. The molecular formula is C22H32N4O4S. The maximum absolute atomic E-state index is 13.3. The predicted octanol–water partition coefficient (Wildman–Crippen LogP) is 2.27. The van der Waals surface area contributed by atoms with Gasteiger partial charge in [-0.05, 0) is 38.8 Å². The van der Waals surface area contributed by atoms with Gasteiger partial charge in [0.1, 0.15) is 23.7 Å². The Kier molecular flexibility index (Phi) is 7.03. The van der Waals surface area contributed by atoms with Crippen molar-refractivity contribution in [3.8, 4) is 0 Å². The molecule has 1 aliphatic rings. The van der Waals surface area contributed by atoms with Crippen LogP contribution in [0.5, 0.6) is 0 Å². The van der Waals surface area contributed by atoms with Gasteiger partial charge in [0.05, 0.1) is 11.0 Å². The second-order valence-electron chi connectivity index (χ2n) is 8.34. The van der Waals surface area contributed by atoms with Crippen LogP contribution in [0.25, 0.3) is 11.0 Å². The minimum absolute atomic E-state index is 0.0302. The Morgan fingerprint density at radius 1 is 1.13 bits per heavy atom. The Morgan fingerprint density at radius 2 is 1.77 bits per heavy atom. The Bertz CT molecular complexity index is 1050. The van der Waals surface area contributed by atoms with Crippen LogP contribution in [0.4, 0.5) is 0 Å². The minimum atomic E-state index is -3.33. The molecule has 0 radical (unpaired) electrons. The van der Waals surface area contributed by atoms with Crippen molar-refractivity contribution in [1.29, 1.82) is 0 Å².